The van der Waals surface area contributed by atoms with Gasteiger partial charge in [-0.2, -0.15) is 0 Å². The third kappa shape index (κ3) is 6.26. The summed E-state index contributed by atoms with van der Waals surface area (Å²) in [5, 5.41) is 4.02. The molecule has 1 aliphatic carbocycles. The second-order valence-corrected chi connectivity index (χ2v) is 8.60. The van der Waals surface area contributed by atoms with E-state index >= 15 is 0 Å². The van der Waals surface area contributed by atoms with Crippen LogP contribution in [0.15, 0.2) is 84.0 Å². The van der Waals surface area contributed by atoms with E-state index in [-0.39, 0.29) is 24.1 Å². The van der Waals surface area contributed by atoms with Crippen LogP contribution in [0.1, 0.15) is 47.9 Å². The van der Waals surface area contributed by atoms with Crippen molar-refractivity contribution in [3.8, 4) is 5.75 Å². The first-order chi connectivity index (χ1) is 17.0. The first-order valence-electron chi connectivity index (χ1n) is 11.6. The highest BCUT2D eigenvalue weighted by molar-refractivity contribution is 5.90. The minimum Gasteiger partial charge on any atom is -0.384 e. The van der Waals surface area contributed by atoms with Gasteiger partial charge in [0.2, 0.25) is 0 Å². The Morgan fingerprint density at radius 3 is 2.26 bits per heavy atom. The highest BCUT2D eigenvalue weighted by atomic mass is 17.2. The van der Waals surface area contributed by atoms with Gasteiger partial charge in [0.05, 0.1) is 12.3 Å². The van der Waals surface area contributed by atoms with E-state index in [4.69, 9.17) is 15.5 Å². The van der Waals surface area contributed by atoms with Crippen molar-refractivity contribution in [3.05, 3.63) is 101 Å². The minimum absolute atomic E-state index is 0.106. The molecule has 4 rings (SSSR count). The Morgan fingerprint density at radius 1 is 0.971 bits per heavy atom. The maximum absolute atomic E-state index is 12.6. The van der Waals surface area contributed by atoms with Crippen molar-refractivity contribution in [1.29, 1.82) is 0 Å². The molecule has 1 unspecified atom stereocenters. The molecule has 180 valence electrons. The van der Waals surface area contributed by atoms with Crippen LogP contribution in [0.25, 0.3) is 0 Å². The molecular weight excluding hydrogens is 444 g/mol. The van der Waals surface area contributed by atoms with Crippen molar-refractivity contribution in [2.45, 2.75) is 38.5 Å². The standard InChI is InChI=1S/C28H28N2O5/c1-19(31)34-35-25-14-8-13-23-17-20(15-16-24(23)25)18-26(32)33-30-28(29)27(21-9-4-2-5-10-21)22-11-6-3-7-12-22/h2-14,20,27H,15-18H2,1H3,(H2,29,30). The molecule has 0 aromatic heterocycles. The summed E-state index contributed by atoms with van der Waals surface area (Å²) in [4.78, 5) is 38.8. The summed E-state index contributed by atoms with van der Waals surface area (Å²) in [6.45, 7) is 1.29. The number of hydrogen-bond acceptors (Lipinski definition) is 6. The number of carbonyl (C=O) groups excluding carboxylic acids is 2. The van der Waals surface area contributed by atoms with Gasteiger partial charge in [-0.05, 0) is 47.9 Å². The van der Waals surface area contributed by atoms with Crippen LogP contribution in [0.2, 0.25) is 0 Å². The van der Waals surface area contributed by atoms with Crippen LogP contribution in [0, 0.1) is 5.92 Å². The van der Waals surface area contributed by atoms with Crippen LogP contribution in [0.5, 0.6) is 5.75 Å². The zero-order chi connectivity index (χ0) is 24.6. The first kappa shape index (κ1) is 24.0. The van der Waals surface area contributed by atoms with E-state index in [9.17, 15) is 9.59 Å². The fourth-order valence-electron chi connectivity index (χ4n) is 4.46. The smallest absolute Gasteiger partial charge is 0.352 e. The molecule has 1 atom stereocenters. The van der Waals surface area contributed by atoms with Crippen LogP contribution < -0.4 is 10.6 Å². The fourth-order valence-corrected chi connectivity index (χ4v) is 4.46. The molecule has 3 aromatic rings. The fraction of sp³-hybridized carbons (Fsp3) is 0.250. The molecule has 0 spiro atoms. The monoisotopic (exact) mass is 472 g/mol. The lowest BCUT2D eigenvalue weighted by Crippen LogP contribution is -2.24. The molecule has 35 heavy (non-hydrogen) atoms. The normalized spacial score (nSPS) is 15.3. The molecule has 2 N–H and O–H groups in total. The second kappa shape index (κ2) is 11.3. The van der Waals surface area contributed by atoms with Gasteiger partial charge in [-0.25, -0.2) is 9.59 Å². The van der Waals surface area contributed by atoms with E-state index in [1.165, 1.54) is 6.92 Å². The predicted octanol–water partition coefficient (Wildman–Crippen LogP) is 4.69. The molecule has 7 nitrogen and oxygen atoms in total. The number of fused-ring (bicyclic) bond motifs is 1. The molecule has 0 radical (unpaired) electrons. The maximum Gasteiger partial charge on any atom is 0.352 e. The molecule has 0 heterocycles. The summed E-state index contributed by atoms with van der Waals surface area (Å²) in [6, 6.07) is 25.1. The van der Waals surface area contributed by atoms with Gasteiger partial charge in [0.15, 0.2) is 11.6 Å². The first-order valence-corrected chi connectivity index (χ1v) is 11.6. The second-order valence-electron chi connectivity index (χ2n) is 8.60. The minimum atomic E-state index is -0.513. The van der Waals surface area contributed by atoms with Gasteiger partial charge < -0.3 is 10.6 Å². The number of nitrogens with two attached hydrogens (primary N) is 1. The van der Waals surface area contributed by atoms with E-state index in [1.807, 2.05) is 72.8 Å². The van der Waals surface area contributed by atoms with E-state index in [1.54, 1.807) is 6.07 Å². The zero-order valence-electron chi connectivity index (χ0n) is 19.6. The average molecular weight is 473 g/mol. The molecule has 7 heteroatoms. The van der Waals surface area contributed by atoms with E-state index in [2.05, 4.69) is 10.0 Å². The Balaban J connectivity index is 1.40. The number of rotatable bonds is 8. The summed E-state index contributed by atoms with van der Waals surface area (Å²) >= 11 is 0. The Kier molecular flexibility index (Phi) is 7.77. The van der Waals surface area contributed by atoms with Crippen LogP contribution in [0.3, 0.4) is 0 Å². The van der Waals surface area contributed by atoms with E-state index in [0.717, 1.165) is 28.7 Å². The maximum atomic E-state index is 12.6. The van der Waals surface area contributed by atoms with Crippen molar-refractivity contribution >= 4 is 17.8 Å². The van der Waals surface area contributed by atoms with Crippen molar-refractivity contribution in [3.63, 3.8) is 0 Å². The highest BCUT2D eigenvalue weighted by Crippen LogP contribution is 2.34. The third-order valence-electron chi connectivity index (χ3n) is 6.06. The topological polar surface area (TPSA) is 100 Å². The number of benzene rings is 3. The van der Waals surface area contributed by atoms with Gasteiger partial charge in [0.25, 0.3) is 0 Å². The van der Waals surface area contributed by atoms with Crippen molar-refractivity contribution in [2.24, 2.45) is 16.8 Å². The molecule has 0 aliphatic heterocycles. The quantitative estimate of drug-likeness (QED) is 0.168. The van der Waals surface area contributed by atoms with Crippen LogP contribution in [-0.4, -0.2) is 17.8 Å². The van der Waals surface area contributed by atoms with Gasteiger partial charge in [-0.15, -0.1) is 0 Å². The van der Waals surface area contributed by atoms with Gasteiger partial charge >= 0.3 is 11.9 Å². The van der Waals surface area contributed by atoms with Crippen LogP contribution >= 0.6 is 0 Å². The van der Waals surface area contributed by atoms with Crippen molar-refractivity contribution in [2.75, 3.05) is 0 Å². The highest BCUT2D eigenvalue weighted by Gasteiger charge is 2.25. The van der Waals surface area contributed by atoms with Crippen LogP contribution in [-0.2, 0) is 32.2 Å². The Bertz CT molecular complexity index is 1150. The molecule has 3 aromatic carbocycles. The Morgan fingerprint density at radius 2 is 1.63 bits per heavy atom. The number of carbonyl (C=O) groups is 2. The summed E-state index contributed by atoms with van der Waals surface area (Å²) in [7, 11) is 0. The molecule has 0 fully saturated rings. The number of oxime groups is 1. The van der Waals surface area contributed by atoms with Gasteiger partial charge in [-0.1, -0.05) is 78.0 Å². The SMILES string of the molecule is CC(=O)OOc1cccc2c1CCC(CC(=O)O/N=C(\N)C(c1ccccc1)c1ccccc1)C2. The number of hydrogen-bond donors (Lipinski definition) is 1. The predicted molar refractivity (Wildman–Crippen MR) is 131 cm³/mol. The molecule has 1 aliphatic rings. The van der Waals surface area contributed by atoms with Gasteiger partial charge in [0, 0.05) is 12.5 Å². The Hall–Kier alpha value is -4.13. The lowest BCUT2D eigenvalue weighted by molar-refractivity contribution is -0.211. The molecule has 0 amide bonds. The summed E-state index contributed by atoms with van der Waals surface area (Å²) in [6.07, 6.45) is 2.41. The van der Waals surface area contributed by atoms with E-state index < -0.39 is 11.9 Å². The van der Waals surface area contributed by atoms with Crippen molar-refractivity contribution < 1.29 is 24.2 Å². The number of nitrogens with zero attached hydrogens (tertiary/aromatic N) is 1. The molecule has 0 bridgehead atoms. The average Bonchev–Trinajstić information content (AvgIpc) is 2.87. The Labute approximate surface area is 204 Å². The molecule has 0 saturated heterocycles. The zero-order valence-corrected chi connectivity index (χ0v) is 19.6. The van der Waals surface area contributed by atoms with Crippen LogP contribution in [0.4, 0.5) is 0 Å². The summed E-state index contributed by atoms with van der Waals surface area (Å²) < 4.78 is 0. The summed E-state index contributed by atoms with van der Waals surface area (Å²) in [5.74, 6) is -0.396. The lowest BCUT2D eigenvalue weighted by Gasteiger charge is -2.24. The van der Waals surface area contributed by atoms with Gasteiger partial charge in [0.1, 0.15) is 0 Å². The lowest BCUT2D eigenvalue weighted by atomic mass is 9.82. The largest absolute Gasteiger partial charge is 0.384 e. The molecule has 0 saturated carbocycles. The third-order valence-corrected chi connectivity index (χ3v) is 6.06. The number of amidine groups is 1. The van der Waals surface area contributed by atoms with Gasteiger partial charge in [-0.3, -0.25) is 9.78 Å². The van der Waals surface area contributed by atoms with E-state index in [0.29, 0.717) is 18.6 Å². The summed E-state index contributed by atoms with van der Waals surface area (Å²) in [5.41, 5.74) is 10.3. The van der Waals surface area contributed by atoms with Crippen molar-refractivity contribution in [1.82, 2.24) is 0 Å². The molecular formula is C28H28N2O5.